The summed E-state index contributed by atoms with van der Waals surface area (Å²) in [5.41, 5.74) is 1.38. The minimum absolute atomic E-state index is 0.292. The molecule has 1 amide bonds. The number of hydrogen-bond donors (Lipinski definition) is 2. The van der Waals surface area contributed by atoms with Gasteiger partial charge in [-0.25, -0.2) is 0 Å². The largest absolute Gasteiger partial charge is 0.489 e. The fourth-order valence-corrected chi connectivity index (χ4v) is 5.28. The van der Waals surface area contributed by atoms with Crippen LogP contribution in [0.5, 0.6) is 5.75 Å². The van der Waals surface area contributed by atoms with Crippen molar-refractivity contribution in [3.8, 4) is 5.75 Å². The number of fused-ring (bicyclic) bond motifs is 2. The maximum atomic E-state index is 13.2. The predicted molar refractivity (Wildman–Crippen MR) is 125 cm³/mol. The first-order valence-electron chi connectivity index (χ1n) is 10.7. The van der Waals surface area contributed by atoms with E-state index in [1.807, 2.05) is 43.3 Å². The number of anilines is 1. The molecule has 7 nitrogen and oxygen atoms in total. The molecule has 33 heavy (non-hydrogen) atoms. The van der Waals surface area contributed by atoms with Gasteiger partial charge in [0.1, 0.15) is 12.4 Å². The van der Waals surface area contributed by atoms with Gasteiger partial charge in [-0.05, 0) is 36.8 Å². The number of nitro groups is 1. The Morgan fingerprint density at radius 1 is 1.06 bits per heavy atom. The minimum Gasteiger partial charge on any atom is -0.489 e. The molecule has 8 heteroatoms. The highest BCUT2D eigenvalue weighted by atomic mass is 35.5. The lowest BCUT2D eigenvalue weighted by Gasteiger charge is -2.26. The van der Waals surface area contributed by atoms with Crippen molar-refractivity contribution < 1.29 is 14.5 Å². The van der Waals surface area contributed by atoms with E-state index in [0.29, 0.717) is 34.2 Å². The van der Waals surface area contributed by atoms with Gasteiger partial charge in [0, 0.05) is 32.8 Å². The second kappa shape index (κ2) is 8.17. The lowest BCUT2D eigenvalue weighted by molar-refractivity contribution is -0.532. The minimum atomic E-state index is -1.45. The van der Waals surface area contributed by atoms with Crippen LogP contribution in [0.15, 0.2) is 72.8 Å². The van der Waals surface area contributed by atoms with Crippen LogP contribution >= 0.6 is 11.6 Å². The van der Waals surface area contributed by atoms with Gasteiger partial charge < -0.3 is 10.1 Å². The van der Waals surface area contributed by atoms with Gasteiger partial charge in [0.25, 0.3) is 11.9 Å². The molecule has 0 aromatic heterocycles. The number of carbonyl (C=O) groups is 1. The number of halogens is 1. The van der Waals surface area contributed by atoms with Crippen molar-refractivity contribution in [2.45, 2.75) is 37.1 Å². The molecule has 2 heterocycles. The van der Waals surface area contributed by atoms with Crippen LogP contribution in [0.2, 0.25) is 5.02 Å². The van der Waals surface area contributed by atoms with Gasteiger partial charge in [-0.2, -0.15) is 0 Å². The van der Waals surface area contributed by atoms with E-state index in [9.17, 15) is 14.9 Å². The third kappa shape index (κ3) is 3.44. The van der Waals surface area contributed by atoms with Gasteiger partial charge in [-0.3, -0.25) is 20.2 Å². The number of para-hydroxylation sites is 2. The summed E-state index contributed by atoms with van der Waals surface area (Å²) in [6.45, 7) is 2.17. The third-order valence-corrected chi connectivity index (χ3v) is 6.80. The zero-order valence-electron chi connectivity index (χ0n) is 17.8. The zero-order chi connectivity index (χ0) is 23.2. The van der Waals surface area contributed by atoms with E-state index in [0.717, 1.165) is 5.56 Å². The van der Waals surface area contributed by atoms with Gasteiger partial charge in [-0.1, -0.05) is 60.1 Å². The molecule has 2 aliphatic rings. The topological polar surface area (TPSA) is 93.5 Å². The van der Waals surface area contributed by atoms with E-state index in [-0.39, 0.29) is 11.0 Å². The van der Waals surface area contributed by atoms with Crippen molar-refractivity contribution in [3.63, 3.8) is 0 Å². The molecule has 3 aromatic rings. The summed E-state index contributed by atoms with van der Waals surface area (Å²) in [4.78, 5) is 25.4. The summed E-state index contributed by atoms with van der Waals surface area (Å²) in [5.74, 6) is -0.431. The number of hydrogen-bond acceptors (Lipinski definition) is 5. The molecule has 0 radical (unpaired) electrons. The summed E-state index contributed by atoms with van der Waals surface area (Å²) < 4.78 is 6.11. The number of nitrogens with zero attached hydrogens (tertiary/aromatic N) is 1. The Bertz CT molecular complexity index is 1230. The lowest BCUT2D eigenvalue weighted by Crippen LogP contribution is -2.54. The van der Waals surface area contributed by atoms with E-state index in [1.165, 1.54) is 0 Å². The highest BCUT2D eigenvalue weighted by molar-refractivity contribution is 6.30. The Kier molecular flexibility index (Phi) is 5.31. The number of ether oxygens (including phenoxy) is 1. The van der Waals surface area contributed by atoms with Crippen molar-refractivity contribution in [2.24, 2.45) is 0 Å². The zero-order valence-corrected chi connectivity index (χ0v) is 18.6. The van der Waals surface area contributed by atoms with Crippen LogP contribution in [0.25, 0.3) is 0 Å². The molecule has 3 aromatic carbocycles. The van der Waals surface area contributed by atoms with Crippen molar-refractivity contribution in [1.82, 2.24) is 5.32 Å². The van der Waals surface area contributed by atoms with Crippen LogP contribution < -0.4 is 15.4 Å². The van der Waals surface area contributed by atoms with Crippen molar-refractivity contribution in [2.75, 3.05) is 5.32 Å². The molecule has 1 spiro atoms. The summed E-state index contributed by atoms with van der Waals surface area (Å²) in [6.07, 6.45) is 0. The van der Waals surface area contributed by atoms with E-state index in [2.05, 4.69) is 10.6 Å². The van der Waals surface area contributed by atoms with Gasteiger partial charge in [0.15, 0.2) is 5.54 Å². The molecule has 168 valence electrons. The molecule has 1 saturated heterocycles. The van der Waals surface area contributed by atoms with E-state index < -0.39 is 23.4 Å². The summed E-state index contributed by atoms with van der Waals surface area (Å²) in [6, 6.07) is 20.2. The summed E-state index contributed by atoms with van der Waals surface area (Å²) in [7, 11) is 0. The second-order valence-corrected chi connectivity index (χ2v) is 8.89. The standard InChI is InChI=1S/C25H22ClN3O4/c1-15-22(18-6-2-5-9-21(18)33-14-16-10-12-17(26)13-11-16)23(29(31)32)25(28-15)19-7-3-4-8-20(19)27-24(25)30/h2-13,15,22-23,28H,14H2,1H3,(H,27,30)/t15-,22+,23-,25-/m0/s1. The highest BCUT2D eigenvalue weighted by Crippen LogP contribution is 2.50. The first kappa shape index (κ1) is 21.4. The quantitative estimate of drug-likeness (QED) is 0.429. The van der Waals surface area contributed by atoms with Gasteiger partial charge in [0.05, 0.1) is 5.92 Å². The molecule has 4 atom stereocenters. The fourth-order valence-electron chi connectivity index (χ4n) is 5.15. The molecule has 5 rings (SSSR count). The van der Waals surface area contributed by atoms with Gasteiger partial charge in [0.2, 0.25) is 0 Å². The Labute approximate surface area is 195 Å². The lowest BCUT2D eigenvalue weighted by atomic mass is 9.78. The molecule has 2 aliphatic heterocycles. The van der Waals surface area contributed by atoms with Crippen LogP contribution in [0.3, 0.4) is 0 Å². The normalized spacial score (nSPS) is 25.6. The number of carbonyl (C=O) groups excluding carboxylic acids is 1. The average molecular weight is 464 g/mol. The van der Waals surface area contributed by atoms with Gasteiger partial charge >= 0.3 is 0 Å². The van der Waals surface area contributed by atoms with Crippen molar-refractivity contribution >= 4 is 23.2 Å². The van der Waals surface area contributed by atoms with Crippen LogP contribution in [-0.2, 0) is 16.9 Å². The number of rotatable bonds is 5. The van der Waals surface area contributed by atoms with Crippen LogP contribution in [0, 0.1) is 10.1 Å². The van der Waals surface area contributed by atoms with Crippen LogP contribution in [-0.4, -0.2) is 22.9 Å². The van der Waals surface area contributed by atoms with E-state index in [4.69, 9.17) is 16.3 Å². The first-order chi connectivity index (χ1) is 15.9. The molecule has 1 fully saturated rings. The maximum Gasteiger partial charge on any atom is 0.256 e. The smallest absolute Gasteiger partial charge is 0.256 e. The third-order valence-electron chi connectivity index (χ3n) is 6.55. The first-order valence-corrected chi connectivity index (χ1v) is 11.1. The monoisotopic (exact) mass is 463 g/mol. The Balaban J connectivity index is 1.54. The maximum absolute atomic E-state index is 13.2. The molecular weight excluding hydrogens is 442 g/mol. The Morgan fingerprint density at radius 2 is 1.76 bits per heavy atom. The fraction of sp³-hybridized carbons (Fsp3) is 0.240. The Hall–Kier alpha value is -3.42. The number of benzene rings is 3. The summed E-state index contributed by atoms with van der Waals surface area (Å²) >= 11 is 5.96. The Morgan fingerprint density at radius 3 is 2.52 bits per heavy atom. The molecular formula is C25H22ClN3O4. The van der Waals surface area contributed by atoms with E-state index in [1.54, 1.807) is 36.4 Å². The average Bonchev–Trinajstić information content (AvgIpc) is 3.27. The molecule has 0 aliphatic carbocycles. The van der Waals surface area contributed by atoms with Crippen LogP contribution in [0.1, 0.15) is 29.5 Å². The highest BCUT2D eigenvalue weighted by Gasteiger charge is 2.67. The van der Waals surface area contributed by atoms with Crippen molar-refractivity contribution in [3.05, 3.63) is 105 Å². The molecule has 0 unspecified atom stereocenters. The SMILES string of the molecule is C[C@@H]1N[C@]2(C(=O)Nc3ccccc32)[C@@H]([N+](=O)[O-])[C@H]1c1ccccc1OCc1ccc(Cl)cc1. The van der Waals surface area contributed by atoms with Gasteiger partial charge in [-0.15, -0.1) is 0 Å². The molecule has 0 bridgehead atoms. The number of nitrogens with one attached hydrogen (secondary N) is 2. The molecule has 0 saturated carbocycles. The summed E-state index contributed by atoms with van der Waals surface area (Å²) in [5, 5.41) is 19.3. The predicted octanol–water partition coefficient (Wildman–Crippen LogP) is 4.49. The number of amides is 1. The second-order valence-electron chi connectivity index (χ2n) is 8.45. The van der Waals surface area contributed by atoms with E-state index >= 15 is 0 Å². The van der Waals surface area contributed by atoms with Crippen molar-refractivity contribution in [1.29, 1.82) is 0 Å². The van der Waals surface area contributed by atoms with Crippen LogP contribution in [0.4, 0.5) is 5.69 Å². The molecule has 2 N–H and O–H groups in total.